The van der Waals surface area contributed by atoms with Crippen LogP contribution in [0.2, 0.25) is 0 Å². The van der Waals surface area contributed by atoms with Gasteiger partial charge in [0.25, 0.3) is 5.82 Å². The standard InChI is InChI=1S/C7H12N2O.F6P/c1-6-5-8-7(2)9(6)3-4-10;1-7(2,3,4,5)6/h5,10H,3-4H2,1-2H3;/q;-1/p+1. The number of hydrogen-bond acceptors (Lipinski definition) is 1. The topological polar surface area (TPSA) is 39.9 Å². The fourth-order valence-corrected chi connectivity index (χ4v) is 1.07. The summed E-state index contributed by atoms with van der Waals surface area (Å²) in [4.78, 5) is 3.07. The van der Waals surface area contributed by atoms with Crippen LogP contribution in [0.25, 0.3) is 0 Å². The fraction of sp³-hybridized carbons (Fsp3) is 0.571. The Balaban J connectivity index is 0.000000325. The third kappa shape index (κ3) is 11.4. The summed E-state index contributed by atoms with van der Waals surface area (Å²) >= 11 is 0. The van der Waals surface area contributed by atoms with E-state index < -0.39 is 7.81 Å². The van der Waals surface area contributed by atoms with Crippen molar-refractivity contribution in [3.63, 3.8) is 0 Å². The number of imidazole rings is 1. The maximum absolute atomic E-state index is 10.7. The number of nitrogens with one attached hydrogen (secondary N) is 1. The first-order valence-corrected chi connectivity index (χ1v) is 6.45. The summed E-state index contributed by atoms with van der Waals surface area (Å²) in [5.41, 5.74) is 1.16. The van der Waals surface area contributed by atoms with E-state index in [2.05, 4.69) is 4.98 Å². The van der Waals surface area contributed by atoms with Gasteiger partial charge in [-0.3, -0.25) is 0 Å². The molecule has 104 valence electrons. The zero-order chi connectivity index (χ0) is 14.0. The number of aliphatic hydroxyl groups excluding tert-OH is 1. The van der Waals surface area contributed by atoms with Crippen molar-refractivity contribution in [2.75, 3.05) is 6.61 Å². The van der Waals surface area contributed by atoms with Crippen LogP contribution in [-0.2, 0) is 6.54 Å². The van der Waals surface area contributed by atoms with Gasteiger partial charge in [0.05, 0.1) is 6.61 Å². The van der Waals surface area contributed by atoms with E-state index in [1.54, 1.807) is 0 Å². The molecule has 0 amide bonds. The van der Waals surface area contributed by atoms with Crippen LogP contribution in [0.15, 0.2) is 6.20 Å². The van der Waals surface area contributed by atoms with Crippen molar-refractivity contribution in [3.05, 3.63) is 17.7 Å². The number of halogens is 6. The first-order chi connectivity index (χ1) is 7.20. The molecule has 0 aliphatic rings. The third-order valence-corrected chi connectivity index (χ3v) is 1.64. The molecule has 0 radical (unpaired) electrons. The molecule has 10 heteroatoms. The predicted molar refractivity (Wildman–Crippen MR) is 51.1 cm³/mol. The van der Waals surface area contributed by atoms with E-state index in [0.717, 1.165) is 11.5 Å². The Kier molecular flexibility index (Phi) is 3.93. The first-order valence-electron chi connectivity index (χ1n) is 4.42. The van der Waals surface area contributed by atoms with Gasteiger partial charge in [0.2, 0.25) is 0 Å². The van der Waals surface area contributed by atoms with Gasteiger partial charge in [-0.2, -0.15) is 0 Å². The summed E-state index contributed by atoms with van der Waals surface area (Å²) in [6.45, 7) is 4.88. The minimum atomic E-state index is -10.7. The summed E-state index contributed by atoms with van der Waals surface area (Å²) in [5.74, 6) is 1.09. The predicted octanol–water partition coefficient (Wildman–Crippen LogP) is 3.29. The second kappa shape index (κ2) is 4.13. The Morgan fingerprint density at radius 1 is 1.18 bits per heavy atom. The second-order valence-corrected chi connectivity index (χ2v) is 5.27. The average Bonchev–Trinajstić information content (AvgIpc) is 2.30. The summed E-state index contributed by atoms with van der Waals surface area (Å²) in [6, 6.07) is 0. The van der Waals surface area contributed by atoms with Crippen molar-refractivity contribution in [2.24, 2.45) is 0 Å². The van der Waals surface area contributed by atoms with Crippen molar-refractivity contribution in [1.82, 2.24) is 4.98 Å². The van der Waals surface area contributed by atoms with Crippen LogP contribution < -0.4 is 4.57 Å². The Morgan fingerprint density at radius 3 is 1.82 bits per heavy atom. The molecule has 3 nitrogen and oxygen atoms in total. The molecule has 0 unspecified atom stereocenters. The SMILES string of the molecule is Cc1c[nH]c(C)[n+]1CCO.F[P-](F)(F)(F)(F)F. The van der Waals surface area contributed by atoms with Gasteiger partial charge in [0.1, 0.15) is 18.4 Å². The van der Waals surface area contributed by atoms with Crippen LogP contribution >= 0.6 is 7.81 Å². The van der Waals surface area contributed by atoms with Gasteiger partial charge >= 0.3 is 33.0 Å². The van der Waals surface area contributed by atoms with Crippen molar-refractivity contribution in [2.45, 2.75) is 20.4 Å². The number of aromatic nitrogens is 2. The van der Waals surface area contributed by atoms with E-state index in [1.807, 2.05) is 24.6 Å². The molecule has 0 atom stereocenters. The zero-order valence-electron chi connectivity index (χ0n) is 9.10. The summed E-state index contributed by atoms with van der Waals surface area (Å²) < 4.78 is 61.2. The zero-order valence-corrected chi connectivity index (χ0v) is 10.00. The average molecular weight is 286 g/mol. The molecule has 0 aromatic carbocycles. The molecule has 0 aliphatic heterocycles. The Morgan fingerprint density at radius 2 is 1.59 bits per heavy atom. The summed E-state index contributed by atoms with van der Waals surface area (Å²) in [6.07, 6.45) is 1.94. The number of nitrogens with zero attached hydrogens (tertiary/aromatic N) is 1. The van der Waals surface area contributed by atoms with Crippen LogP contribution in [0.1, 0.15) is 11.5 Å². The number of aromatic amines is 1. The number of aryl methyl sites for hydroxylation is 2. The van der Waals surface area contributed by atoms with Gasteiger partial charge in [0, 0.05) is 13.8 Å². The molecule has 0 aliphatic carbocycles. The first kappa shape index (κ1) is 16.2. The van der Waals surface area contributed by atoms with Gasteiger partial charge < -0.3 is 5.11 Å². The molecule has 2 N–H and O–H groups in total. The molecule has 1 aromatic rings. The molecule has 1 aromatic heterocycles. The van der Waals surface area contributed by atoms with E-state index in [0.29, 0.717) is 6.54 Å². The molecule has 0 fully saturated rings. The molecule has 0 saturated carbocycles. The molecule has 0 saturated heterocycles. The van der Waals surface area contributed by atoms with Crippen molar-refractivity contribution in [3.8, 4) is 0 Å². The van der Waals surface area contributed by atoms with E-state index in [9.17, 15) is 25.2 Å². The van der Waals surface area contributed by atoms with Crippen molar-refractivity contribution >= 4 is 7.81 Å². The van der Waals surface area contributed by atoms with E-state index in [-0.39, 0.29) is 6.61 Å². The van der Waals surface area contributed by atoms with E-state index in [1.165, 1.54) is 0 Å². The van der Waals surface area contributed by atoms with E-state index >= 15 is 0 Å². The maximum atomic E-state index is 9.87. The summed E-state index contributed by atoms with van der Waals surface area (Å²) in [5, 5.41) is 8.65. The van der Waals surface area contributed by atoms with Gasteiger partial charge in [-0.1, -0.05) is 0 Å². The molecular weight excluding hydrogens is 273 g/mol. The molecule has 1 rings (SSSR count). The number of H-pyrrole nitrogens is 1. The van der Waals surface area contributed by atoms with Crippen molar-refractivity contribution in [1.29, 1.82) is 0 Å². The van der Waals surface area contributed by atoms with Gasteiger partial charge in [-0.15, -0.1) is 0 Å². The van der Waals surface area contributed by atoms with Crippen LogP contribution in [0.3, 0.4) is 0 Å². The Hall–Kier alpha value is -0.820. The number of hydrogen-bond donors (Lipinski definition) is 2. The normalized spacial score (nSPS) is 15.6. The van der Waals surface area contributed by atoms with Gasteiger partial charge in [-0.25, -0.2) is 9.55 Å². The molecule has 17 heavy (non-hydrogen) atoms. The van der Waals surface area contributed by atoms with Gasteiger partial charge in [0.15, 0.2) is 0 Å². The van der Waals surface area contributed by atoms with Crippen molar-refractivity contribution < 1.29 is 34.9 Å². The minimum absolute atomic E-state index is 0.199. The van der Waals surface area contributed by atoms with Crippen LogP contribution in [-0.4, -0.2) is 16.7 Å². The summed E-state index contributed by atoms with van der Waals surface area (Å²) in [7, 11) is -10.7. The van der Waals surface area contributed by atoms with Crippen LogP contribution in [0.4, 0.5) is 25.2 Å². The second-order valence-electron chi connectivity index (χ2n) is 3.35. The third-order valence-electron chi connectivity index (χ3n) is 1.64. The molecule has 1 heterocycles. The molecular formula is C7H13F6N2OP. The number of rotatable bonds is 2. The number of aliphatic hydroxyl groups is 1. The Bertz CT molecular complexity index is 352. The van der Waals surface area contributed by atoms with Gasteiger partial charge in [-0.05, 0) is 0 Å². The monoisotopic (exact) mass is 286 g/mol. The Labute approximate surface area is 93.3 Å². The quantitative estimate of drug-likeness (QED) is 0.489. The van der Waals surface area contributed by atoms with Crippen LogP contribution in [0, 0.1) is 13.8 Å². The van der Waals surface area contributed by atoms with E-state index in [4.69, 9.17) is 5.11 Å². The fourth-order valence-electron chi connectivity index (χ4n) is 1.07. The van der Waals surface area contributed by atoms with Crippen LogP contribution in [0.5, 0.6) is 0 Å². The molecule has 0 spiro atoms. The molecule has 0 bridgehead atoms.